The number of halogens is 1. The van der Waals surface area contributed by atoms with E-state index in [0.717, 1.165) is 16.7 Å². The lowest BCUT2D eigenvalue weighted by Gasteiger charge is -2.08. The van der Waals surface area contributed by atoms with Crippen molar-refractivity contribution in [3.63, 3.8) is 0 Å². The van der Waals surface area contributed by atoms with Crippen molar-refractivity contribution in [1.82, 2.24) is 0 Å². The summed E-state index contributed by atoms with van der Waals surface area (Å²) in [5, 5.41) is 9.25. The molecule has 20 heavy (non-hydrogen) atoms. The molecule has 0 aliphatic heterocycles. The molecule has 2 aromatic carbocycles. The Morgan fingerprint density at radius 2 is 1.90 bits per heavy atom. The molecule has 0 radical (unpaired) electrons. The molecule has 2 rings (SSSR count). The summed E-state index contributed by atoms with van der Waals surface area (Å²) in [6, 6.07) is 13.4. The van der Waals surface area contributed by atoms with Gasteiger partial charge in [0, 0.05) is 5.56 Å². The fraction of sp³-hybridized carbons (Fsp3) is 0.176. The van der Waals surface area contributed by atoms with Gasteiger partial charge in [0.2, 0.25) is 0 Å². The first kappa shape index (κ1) is 14.5. The van der Waals surface area contributed by atoms with E-state index in [1.807, 2.05) is 49.4 Å². The van der Waals surface area contributed by atoms with Gasteiger partial charge in [0.25, 0.3) is 0 Å². The summed E-state index contributed by atoms with van der Waals surface area (Å²) in [6.07, 6.45) is 0. The highest BCUT2D eigenvalue weighted by Crippen LogP contribution is 2.25. The fourth-order valence-corrected chi connectivity index (χ4v) is 2.00. The number of hydrogen-bond donors (Lipinski definition) is 1. The van der Waals surface area contributed by atoms with Crippen LogP contribution in [0.4, 0.5) is 0 Å². The van der Waals surface area contributed by atoms with E-state index < -0.39 is 0 Å². The van der Waals surface area contributed by atoms with Crippen LogP contribution in [0.2, 0.25) is 5.02 Å². The molecule has 2 aromatic rings. The lowest BCUT2D eigenvalue weighted by atomic mass is 10.1. The summed E-state index contributed by atoms with van der Waals surface area (Å²) in [5.74, 6) is 6.14. The van der Waals surface area contributed by atoms with E-state index in [1.165, 1.54) is 0 Å². The van der Waals surface area contributed by atoms with Gasteiger partial charge in [-0.2, -0.15) is 0 Å². The van der Waals surface area contributed by atoms with E-state index in [-0.39, 0.29) is 6.61 Å². The van der Waals surface area contributed by atoms with Crippen LogP contribution >= 0.6 is 11.6 Å². The molecule has 1 N–H and O–H groups in total. The Hall–Kier alpha value is -1.95. The minimum atomic E-state index is -0.128. The highest BCUT2D eigenvalue weighted by Gasteiger charge is 2.02. The van der Waals surface area contributed by atoms with Gasteiger partial charge in [0.1, 0.15) is 19.0 Å². The van der Waals surface area contributed by atoms with Crippen molar-refractivity contribution in [2.75, 3.05) is 6.61 Å². The van der Waals surface area contributed by atoms with E-state index >= 15 is 0 Å². The molecule has 0 aromatic heterocycles. The zero-order chi connectivity index (χ0) is 14.4. The second-order valence-corrected chi connectivity index (χ2v) is 4.79. The molecule has 3 heteroatoms. The van der Waals surface area contributed by atoms with Gasteiger partial charge in [-0.15, -0.1) is 0 Å². The van der Waals surface area contributed by atoms with Crippen molar-refractivity contribution in [3.8, 4) is 17.6 Å². The Balaban J connectivity index is 2.00. The number of aryl methyl sites for hydroxylation is 1. The second kappa shape index (κ2) is 7.00. The van der Waals surface area contributed by atoms with E-state index in [1.54, 1.807) is 0 Å². The quantitative estimate of drug-likeness (QED) is 0.874. The van der Waals surface area contributed by atoms with Gasteiger partial charge in [-0.3, -0.25) is 0 Å². The minimum Gasteiger partial charge on any atom is -0.487 e. The van der Waals surface area contributed by atoms with E-state index in [4.69, 9.17) is 21.4 Å². The third-order valence-electron chi connectivity index (χ3n) is 2.75. The van der Waals surface area contributed by atoms with Crippen molar-refractivity contribution < 1.29 is 9.84 Å². The van der Waals surface area contributed by atoms with Crippen LogP contribution in [0.3, 0.4) is 0 Å². The van der Waals surface area contributed by atoms with Crippen LogP contribution in [-0.2, 0) is 6.61 Å². The van der Waals surface area contributed by atoms with Gasteiger partial charge in [0.05, 0.1) is 5.02 Å². The summed E-state index contributed by atoms with van der Waals surface area (Å²) >= 11 is 6.11. The zero-order valence-electron chi connectivity index (χ0n) is 11.2. The number of benzene rings is 2. The van der Waals surface area contributed by atoms with Crippen LogP contribution in [0.5, 0.6) is 5.75 Å². The topological polar surface area (TPSA) is 29.5 Å². The predicted octanol–water partition coefficient (Wildman–Crippen LogP) is 3.57. The highest BCUT2D eigenvalue weighted by molar-refractivity contribution is 6.32. The monoisotopic (exact) mass is 286 g/mol. The van der Waals surface area contributed by atoms with Gasteiger partial charge in [-0.25, -0.2) is 0 Å². The van der Waals surface area contributed by atoms with Crippen LogP contribution in [0.1, 0.15) is 16.7 Å². The first-order valence-corrected chi connectivity index (χ1v) is 6.64. The van der Waals surface area contributed by atoms with Crippen LogP contribution in [-0.4, -0.2) is 11.7 Å². The molecular formula is C17H15ClO2. The molecule has 0 atom stereocenters. The van der Waals surface area contributed by atoms with Crippen LogP contribution in [0, 0.1) is 18.8 Å². The number of aliphatic hydroxyl groups is 1. The maximum Gasteiger partial charge on any atom is 0.138 e. The smallest absolute Gasteiger partial charge is 0.138 e. The van der Waals surface area contributed by atoms with Crippen LogP contribution in [0.25, 0.3) is 0 Å². The van der Waals surface area contributed by atoms with Crippen molar-refractivity contribution >= 4 is 11.6 Å². The largest absolute Gasteiger partial charge is 0.487 e. The summed E-state index contributed by atoms with van der Waals surface area (Å²) in [7, 11) is 0. The number of rotatable bonds is 3. The third-order valence-corrected chi connectivity index (χ3v) is 3.04. The van der Waals surface area contributed by atoms with Crippen molar-refractivity contribution in [1.29, 1.82) is 0 Å². The molecule has 0 fully saturated rings. The Morgan fingerprint density at radius 3 is 2.55 bits per heavy atom. The van der Waals surface area contributed by atoms with Crippen molar-refractivity contribution in [2.45, 2.75) is 13.5 Å². The standard InChI is InChI=1S/C17H15ClO2/c1-13-4-9-17(16(18)11-13)20-12-15-7-5-14(6-8-15)3-2-10-19/h4-9,11,19H,10,12H2,1H3. The molecule has 2 nitrogen and oxygen atoms in total. The molecule has 0 heterocycles. The molecule has 0 bridgehead atoms. The molecule has 102 valence electrons. The minimum absolute atomic E-state index is 0.128. The van der Waals surface area contributed by atoms with Crippen LogP contribution in [0.15, 0.2) is 42.5 Å². The molecule has 0 spiro atoms. The first-order chi connectivity index (χ1) is 9.69. The average molecular weight is 287 g/mol. The molecule has 0 saturated heterocycles. The van der Waals surface area contributed by atoms with Crippen molar-refractivity contribution in [2.24, 2.45) is 0 Å². The molecule has 0 saturated carbocycles. The molecule has 0 amide bonds. The van der Waals surface area contributed by atoms with E-state index in [2.05, 4.69) is 11.8 Å². The predicted molar refractivity (Wildman–Crippen MR) is 80.9 cm³/mol. The molecular weight excluding hydrogens is 272 g/mol. The number of hydrogen-bond acceptors (Lipinski definition) is 2. The van der Waals surface area contributed by atoms with Gasteiger partial charge in [-0.1, -0.05) is 41.6 Å². The summed E-state index contributed by atoms with van der Waals surface area (Å²) < 4.78 is 5.69. The third kappa shape index (κ3) is 4.03. The van der Waals surface area contributed by atoms with Crippen molar-refractivity contribution in [3.05, 3.63) is 64.2 Å². The summed E-state index contributed by atoms with van der Waals surface area (Å²) in [6.45, 7) is 2.31. The Kier molecular flexibility index (Phi) is 5.06. The van der Waals surface area contributed by atoms with Gasteiger partial charge in [0.15, 0.2) is 0 Å². The fourth-order valence-electron chi connectivity index (χ4n) is 1.71. The molecule has 0 aliphatic rings. The highest BCUT2D eigenvalue weighted by atomic mass is 35.5. The Bertz CT molecular complexity index is 636. The van der Waals surface area contributed by atoms with Gasteiger partial charge >= 0.3 is 0 Å². The van der Waals surface area contributed by atoms with Gasteiger partial charge in [-0.05, 0) is 42.3 Å². The van der Waals surface area contributed by atoms with E-state index in [9.17, 15) is 0 Å². The Labute approximate surface area is 124 Å². The van der Waals surface area contributed by atoms with Gasteiger partial charge < -0.3 is 9.84 Å². The number of ether oxygens (including phenoxy) is 1. The van der Waals surface area contributed by atoms with E-state index in [0.29, 0.717) is 17.4 Å². The number of aliphatic hydroxyl groups excluding tert-OH is 1. The maximum absolute atomic E-state index is 8.63. The maximum atomic E-state index is 8.63. The normalized spacial score (nSPS) is 9.75. The Morgan fingerprint density at radius 1 is 1.15 bits per heavy atom. The molecule has 0 unspecified atom stereocenters. The van der Waals surface area contributed by atoms with Crippen LogP contribution < -0.4 is 4.74 Å². The lowest BCUT2D eigenvalue weighted by Crippen LogP contribution is -1.96. The average Bonchev–Trinajstić information content (AvgIpc) is 2.45. The molecule has 0 aliphatic carbocycles. The lowest BCUT2D eigenvalue weighted by molar-refractivity contribution is 0.306. The summed E-state index contributed by atoms with van der Waals surface area (Å²) in [5.41, 5.74) is 3.02. The zero-order valence-corrected chi connectivity index (χ0v) is 11.9. The second-order valence-electron chi connectivity index (χ2n) is 4.38. The summed E-state index contributed by atoms with van der Waals surface area (Å²) in [4.78, 5) is 0. The first-order valence-electron chi connectivity index (χ1n) is 6.26. The SMILES string of the molecule is Cc1ccc(OCc2ccc(C#CCO)cc2)c(Cl)c1.